The summed E-state index contributed by atoms with van der Waals surface area (Å²) in [4.78, 5) is 23.2. The molecule has 0 aliphatic rings. The van der Waals surface area contributed by atoms with E-state index in [1.807, 2.05) is 18.2 Å². The zero-order chi connectivity index (χ0) is 19.2. The van der Waals surface area contributed by atoms with Gasteiger partial charge in [-0.1, -0.05) is 18.2 Å². The number of amides is 2. The fraction of sp³-hybridized carbons (Fsp3) is 0.111. The van der Waals surface area contributed by atoms with Crippen LogP contribution in [0.15, 0.2) is 64.1 Å². The van der Waals surface area contributed by atoms with Gasteiger partial charge in [-0.25, -0.2) is 0 Å². The van der Waals surface area contributed by atoms with Crippen molar-refractivity contribution in [3.63, 3.8) is 0 Å². The molecular formula is C18H16N4O4S. The van der Waals surface area contributed by atoms with E-state index in [1.165, 1.54) is 11.6 Å². The highest BCUT2D eigenvalue weighted by molar-refractivity contribution is 7.99. The average Bonchev–Trinajstić information content (AvgIpc) is 3.02. The fourth-order valence-corrected chi connectivity index (χ4v) is 3.02. The molecule has 0 saturated carbocycles. The van der Waals surface area contributed by atoms with Gasteiger partial charge in [-0.2, -0.15) is 0 Å². The first-order chi connectivity index (χ1) is 13.0. The van der Waals surface area contributed by atoms with Crippen molar-refractivity contribution in [3.05, 3.63) is 54.6 Å². The fourth-order valence-electron chi connectivity index (χ4n) is 2.27. The van der Waals surface area contributed by atoms with Crippen molar-refractivity contribution in [3.8, 4) is 11.6 Å². The number of nitrogens with zero attached hydrogens (tertiary/aromatic N) is 2. The number of para-hydroxylation sites is 1. The molecule has 2 aromatic carbocycles. The number of thioether (sulfide) groups is 1. The Morgan fingerprint density at radius 2 is 1.70 bits per heavy atom. The normalized spacial score (nSPS) is 10.4. The molecule has 3 rings (SSSR count). The average molecular weight is 384 g/mol. The lowest BCUT2D eigenvalue weighted by Crippen LogP contribution is -2.35. The number of hydrogen-bond acceptors (Lipinski definition) is 6. The molecule has 0 unspecified atom stereocenters. The molecule has 0 fully saturated rings. The Hall–Kier alpha value is -3.33. The van der Waals surface area contributed by atoms with Gasteiger partial charge >= 0.3 is 0 Å². The largest absolute Gasteiger partial charge is 0.538 e. The Balaban J connectivity index is 1.61. The Morgan fingerprint density at radius 1 is 1.07 bits per heavy atom. The number of rotatable bonds is 6. The molecule has 2 amide bonds. The van der Waals surface area contributed by atoms with E-state index in [1.54, 1.807) is 36.4 Å². The van der Waals surface area contributed by atoms with Gasteiger partial charge in [0.2, 0.25) is 17.5 Å². The highest BCUT2D eigenvalue weighted by atomic mass is 32.2. The lowest BCUT2D eigenvalue weighted by atomic mass is 10.3. The zero-order valence-corrected chi connectivity index (χ0v) is 15.2. The van der Waals surface area contributed by atoms with Crippen LogP contribution in [0, 0.1) is 0 Å². The maximum Gasteiger partial charge on any atom is 0.298 e. The van der Waals surface area contributed by atoms with E-state index in [-0.39, 0.29) is 22.6 Å². The smallest absolute Gasteiger partial charge is 0.298 e. The van der Waals surface area contributed by atoms with Crippen molar-refractivity contribution in [2.75, 3.05) is 16.4 Å². The minimum atomic E-state index is -0.601. The van der Waals surface area contributed by atoms with Crippen LogP contribution in [0.3, 0.4) is 0 Å². The third-order valence-electron chi connectivity index (χ3n) is 3.40. The van der Waals surface area contributed by atoms with E-state index in [0.717, 1.165) is 11.8 Å². The molecule has 27 heavy (non-hydrogen) atoms. The van der Waals surface area contributed by atoms with Gasteiger partial charge in [-0.3, -0.25) is 9.59 Å². The van der Waals surface area contributed by atoms with Crippen molar-refractivity contribution in [1.82, 2.24) is 5.27 Å². The predicted molar refractivity (Wildman–Crippen MR) is 97.6 cm³/mol. The highest BCUT2D eigenvalue weighted by Gasteiger charge is 2.21. The lowest BCUT2D eigenvalue weighted by molar-refractivity contribution is -0.705. The van der Waals surface area contributed by atoms with Crippen molar-refractivity contribution < 1.29 is 23.9 Å². The van der Waals surface area contributed by atoms with Crippen LogP contribution in [0.5, 0.6) is 5.95 Å². The number of aromatic nitrogens is 2. The molecule has 3 aromatic rings. The van der Waals surface area contributed by atoms with Crippen LogP contribution < -0.4 is 20.4 Å². The van der Waals surface area contributed by atoms with Crippen LogP contribution in [0.1, 0.15) is 6.92 Å². The zero-order valence-electron chi connectivity index (χ0n) is 14.3. The van der Waals surface area contributed by atoms with Crippen molar-refractivity contribution in [2.45, 2.75) is 11.9 Å². The second kappa shape index (κ2) is 8.37. The van der Waals surface area contributed by atoms with Crippen LogP contribution >= 0.6 is 11.8 Å². The first kappa shape index (κ1) is 18.5. The van der Waals surface area contributed by atoms with E-state index in [4.69, 9.17) is 4.52 Å². The van der Waals surface area contributed by atoms with E-state index >= 15 is 0 Å². The van der Waals surface area contributed by atoms with Gasteiger partial charge in [0.1, 0.15) is 0 Å². The standard InChI is InChI=1S/C18H15N4O4S/c1-12(23)19-13-7-9-14(10-8-13)20-16(24)11-27-17-18(25)26-21-22(17)15-5-3-2-4-6-15/h2-10,25H,11H2,1H3/q-1/p+1. The van der Waals surface area contributed by atoms with E-state index in [9.17, 15) is 14.7 Å². The monoisotopic (exact) mass is 384 g/mol. The molecular weight excluding hydrogens is 368 g/mol. The van der Waals surface area contributed by atoms with Gasteiger partial charge in [0.25, 0.3) is 5.03 Å². The molecule has 9 heteroatoms. The summed E-state index contributed by atoms with van der Waals surface area (Å²) in [6, 6.07) is 15.8. The molecule has 0 aliphatic carbocycles. The molecule has 1 heterocycles. The molecule has 0 aliphatic heterocycles. The first-order valence-corrected chi connectivity index (χ1v) is 8.96. The molecule has 0 atom stereocenters. The van der Waals surface area contributed by atoms with Gasteiger partial charge in [-0.05, 0) is 40.7 Å². The predicted octanol–water partition coefficient (Wildman–Crippen LogP) is 1.71. The second-order valence-corrected chi connectivity index (χ2v) is 6.47. The van der Waals surface area contributed by atoms with Crippen molar-refractivity contribution in [2.24, 2.45) is 0 Å². The number of nitrogens with one attached hydrogen (secondary N) is 2. The molecule has 0 spiro atoms. The molecule has 138 valence electrons. The maximum atomic E-state index is 12.2. The molecule has 0 radical (unpaired) electrons. The first-order valence-electron chi connectivity index (χ1n) is 7.97. The Kier molecular flexibility index (Phi) is 5.72. The second-order valence-electron chi connectivity index (χ2n) is 5.51. The molecule has 0 bridgehead atoms. The summed E-state index contributed by atoms with van der Waals surface area (Å²) in [7, 11) is 0. The Bertz CT molecular complexity index is 942. The number of carbonyl (C=O) groups is 2. The Morgan fingerprint density at radius 3 is 2.33 bits per heavy atom. The number of benzene rings is 2. The minimum Gasteiger partial charge on any atom is -0.538 e. The van der Waals surface area contributed by atoms with Gasteiger partial charge < -0.3 is 20.3 Å². The third-order valence-corrected chi connectivity index (χ3v) is 4.42. The molecule has 1 aromatic heterocycles. The van der Waals surface area contributed by atoms with E-state index in [0.29, 0.717) is 17.1 Å². The van der Waals surface area contributed by atoms with Crippen LogP contribution in [0.4, 0.5) is 11.4 Å². The van der Waals surface area contributed by atoms with Gasteiger partial charge in [-0.15, -0.1) is 0 Å². The summed E-state index contributed by atoms with van der Waals surface area (Å²) in [6.07, 6.45) is 0. The Labute approximate surface area is 159 Å². The van der Waals surface area contributed by atoms with Gasteiger partial charge in [0, 0.05) is 30.4 Å². The third kappa shape index (κ3) is 4.85. The molecule has 8 nitrogen and oxygen atoms in total. The van der Waals surface area contributed by atoms with E-state index < -0.39 is 5.95 Å². The van der Waals surface area contributed by atoms with Crippen LogP contribution in [-0.4, -0.2) is 22.8 Å². The van der Waals surface area contributed by atoms with E-state index in [2.05, 4.69) is 15.9 Å². The van der Waals surface area contributed by atoms with Crippen LogP contribution in [-0.2, 0) is 9.59 Å². The summed E-state index contributed by atoms with van der Waals surface area (Å²) >= 11 is 1.04. The minimum absolute atomic E-state index is 0.0106. The summed E-state index contributed by atoms with van der Waals surface area (Å²) in [5.41, 5.74) is 1.89. The molecule has 0 saturated heterocycles. The lowest BCUT2D eigenvalue weighted by Gasteiger charge is -2.06. The summed E-state index contributed by atoms with van der Waals surface area (Å²) in [6.45, 7) is 1.42. The number of carbonyl (C=O) groups excluding carboxylic acids is 2. The topological polar surface area (TPSA) is 111 Å². The summed E-state index contributed by atoms with van der Waals surface area (Å²) in [5, 5.41) is 21.2. The molecule has 2 N–H and O–H groups in total. The van der Waals surface area contributed by atoms with Crippen LogP contribution in [0.25, 0.3) is 5.69 Å². The highest BCUT2D eigenvalue weighted by Crippen LogP contribution is 2.23. The van der Waals surface area contributed by atoms with Crippen LogP contribution in [0.2, 0.25) is 0 Å². The van der Waals surface area contributed by atoms with Gasteiger partial charge in [0.15, 0.2) is 5.95 Å². The van der Waals surface area contributed by atoms with Crippen molar-refractivity contribution >= 4 is 35.0 Å². The summed E-state index contributed by atoms with van der Waals surface area (Å²) in [5.74, 6) is -1.04. The quantitative estimate of drug-likeness (QED) is 0.494. The summed E-state index contributed by atoms with van der Waals surface area (Å²) < 4.78 is 6.08. The maximum absolute atomic E-state index is 12.2. The van der Waals surface area contributed by atoms with Crippen molar-refractivity contribution in [1.29, 1.82) is 0 Å². The van der Waals surface area contributed by atoms with Gasteiger partial charge in [0.05, 0.1) is 11.0 Å². The number of hydrogen-bond donors (Lipinski definition) is 2. The number of anilines is 2. The SMILES string of the molecule is CC(=O)Nc1ccc(NC(=O)CSc2c([O-])on[n+]2-c2ccccc2)cc1.